The average molecular weight is 795 g/mol. The minimum atomic E-state index is -3.17. The molecule has 7 rings (SSSR count). The van der Waals surface area contributed by atoms with E-state index in [2.05, 4.69) is 118 Å². The zero-order valence-corrected chi connectivity index (χ0v) is 34.5. The fourth-order valence-corrected chi connectivity index (χ4v) is 11.2. The van der Waals surface area contributed by atoms with E-state index in [1.54, 1.807) is 11.3 Å². The lowest BCUT2D eigenvalue weighted by Gasteiger charge is -2.18. The number of thiophene rings is 1. The van der Waals surface area contributed by atoms with Gasteiger partial charge in [-0.3, -0.25) is 9.13 Å². The first-order valence-electron chi connectivity index (χ1n) is 19.0. The van der Waals surface area contributed by atoms with E-state index >= 15 is 0 Å². The second kappa shape index (κ2) is 17.4. The van der Waals surface area contributed by atoms with E-state index in [0.29, 0.717) is 51.8 Å². The number of nitrogens with zero attached hydrogens (tertiary/aromatic N) is 2. The van der Waals surface area contributed by atoms with Crippen LogP contribution in [0.4, 0.5) is 0 Å². The Kier molecular flexibility index (Phi) is 12.4. The Hall–Kier alpha value is -4.04. The van der Waals surface area contributed by atoms with Crippen LogP contribution in [0.5, 0.6) is 0 Å². The van der Waals surface area contributed by atoms with Crippen molar-refractivity contribution in [2.45, 2.75) is 40.8 Å². The van der Waals surface area contributed by atoms with Crippen molar-refractivity contribution in [1.29, 1.82) is 0 Å². The molecule has 0 radical (unpaired) electrons. The van der Waals surface area contributed by atoms with Crippen molar-refractivity contribution < 1.29 is 27.2 Å². The van der Waals surface area contributed by atoms with Gasteiger partial charge in [0.25, 0.3) is 0 Å². The summed E-state index contributed by atoms with van der Waals surface area (Å²) in [5.74, 6) is 0. The van der Waals surface area contributed by atoms with Crippen molar-refractivity contribution in [3.05, 3.63) is 118 Å². The monoisotopic (exact) mass is 794 g/mol. The predicted molar refractivity (Wildman–Crippen MR) is 233 cm³/mol. The third kappa shape index (κ3) is 8.70. The van der Waals surface area contributed by atoms with Crippen LogP contribution >= 0.6 is 26.5 Å². The zero-order chi connectivity index (χ0) is 38.4. The topological polar surface area (TPSA) is 80.9 Å². The molecule has 0 aliphatic carbocycles. The number of aryl methyl sites for hydroxylation is 2. The molecular weight excluding hydrogens is 747 g/mol. The van der Waals surface area contributed by atoms with Gasteiger partial charge < -0.3 is 27.2 Å². The summed E-state index contributed by atoms with van der Waals surface area (Å²) in [5.41, 5.74) is 6.62. The van der Waals surface area contributed by atoms with Gasteiger partial charge in [0.1, 0.15) is 0 Å². The molecule has 286 valence electrons. The molecule has 7 aromatic rings. The van der Waals surface area contributed by atoms with Gasteiger partial charge in [-0.25, -0.2) is 0 Å². The summed E-state index contributed by atoms with van der Waals surface area (Å²) >= 11 is 1.74. The third-order valence-corrected chi connectivity index (χ3v) is 14.7. The fourth-order valence-electron chi connectivity index (χ4n) is 7.30. The largest absolute Gasteiger partial charge is 0.340 e. The minimum Gasteiger partial charge on any atom is -0.340 e. The lowest BCUT2D eigenvalue weighted by atomic mass is 10.1. The van der Waals surface area contributed by atoms with E-state index in [1.165, 1.54) is 9.75 Å². The molecule has 0 bridgehead atoms. The van der Waals surface area contributed by atoms with Crippen LogP contribution in [0.25, 0.3) is 67.9 Å². The molecule has 11 heteroatoms. The second-order valence-electron chi connectivity index (χ2n) is 13.1. The molecule has 8 nitrogen and oxygen atoms in total. The maximum absolute atomic E-state index is 13.3. The number of para-hydroxylation sites is 2. The second-order valence-corrected chi connectivity index (χ2v) is 18.7. The van der Waals surface area contributed by atoms with Gasteiger partial charge in [-0.1, -0.05) is 60.7 Å². The molecule has 0 unspecified atom stereocenters. The number of benzene rings is 4. The van der Waals surface area contributed by atoms with Gasteiger partial charge >= 0.3 is 15.2 Å². The van der Waals surface area contributed by atoms with Crippen LogP contribution in [0.15, 0.2) is 97.1 Å². The van der Waals surface area contributed by atoms with Gasteiger partial charge in [-0.05, 0) is 99.5 Å². The number of hydrogen-bond donors (Lipinski definition) is 0. The SMILES string of the molecule is CCOP(=O)(CCn1c2ccccc2c2cc(/C=C/c3ccc(/C=C/c4ccc5c(c4)c4ccccc4n5CCP(=O)(OCC)OCC)s3)ccc21)OCC. The van der Waals surface area contributed by atoms with Crippen LogP contribution in [0.1, 0.15) is 48.6 Å². The molecule has 0 aliphatic rings. The molecule has 3 heterocycles. The summed E-state index contributed by atoms with van der Waals surface area (Å²) in [6.07, 6.45) is 9.28. The van der Waals surface area contributed by atoms with Gasteiger partial charge in [0, 0.05) is 66.5 Å². The van der Waals surface area contributed by atoms with Crippen molar-refractivity contribution in [1.82, 2.24) is 9.13 Å². The highest BCUT2D eigenvalue weighted by Crippen LogP contribution is 2.49. The summed E-state index contributed by atoms with van der Waals surface area (Å²) in [5, 5.41) is 4.64. The van der Waals surface area contributed by atoms with Crippen LogP contribution in [-0.4, -0.2) is 47.9 Å². The first-order chi connectivity index (χ1) is 26.8. The molecule has 0 N–H and O–H groups in total. The van der Waals surface area contributed by atoms with E-state index in [4.69, 9.17) is 18.1 Å². The highest BCUT2D eigenvalue weighted by atomic mass is 32.1. The first-order valence-corrected chi connectivity index (χ1v) is 23.3. The van der Waals surface area contributed by atoms with E-state index in [9.17, 15) is 9.13 Å². The Morgan fingerprint density at radius 1 is 0.491 bits per heavy atom. The lowest BCUT2D eigenvalue weighted by molar-refractivity contribution is 0.218. The molecular formula is C44H48N2O6P2S. The Balaban J connectivity index is 1.08. The molecule has 0 amide bonds. The van der Waals surface area contributed by atoms with Gasteiger partial charge in [0.05, 0.1) is 38.8 Å². The Labute approximate surface area is 327 Å². The van der Waals surface area contributed by atoms with Crippen LogP contribution in [0.2, 0.25) is 0 Å². The van der Waals surface area contributed by atoms with E-state index in [-0.39, 0.29) is 0 Å². The molecule has 4 aromatic carbocycles. The molecule has 3 aromatic heterocycles. The Bertz CT molecular complexity index is 2400. The molecule has 0 saturated carbocycles. The summed E-state index contributed by atoms with van der Waals surface area (Å²) < 4.78 is 53.3. The van der Waals surface area contributed by atoms with Gasteiger partial charge in [0.2, 0.25) is 0 Å². The Morgan fingerprint density at radius 2 is 0.873 bits per heavy atom. The van der Waals surface area contributed by atoms with Crippen molar-refractivity contribution in [2.75, 3.05) is 38.8 Å². The molecule has 55 heavy (non-hydrogen) atoms. The third-order valence-electron chi connectivity index (χ3n) is 9.62. The normalized spacial score (nSPS) is 12.9. The molecule has 0 atom stereocenters. The maximum Gasteiger partial charge on any atom is 0.332 e. The van der Waals surface area contributed by atoms with Crippen molar-refractivity contribution in [3.8, 4) is 0 Å². The smallest absolute Gasteiger partial charge is 0.332 e. The zero-order valence-electron chi connectivity index (χ0n) is 31.9. The van der Waals surface area contributed by atoms with E-state index in [0.717, 1.165) is 54.7 Å². The van der Waals surface area contributed by atoms with Gasteiger partial charge in [0.15, 0.2) is 0 Å². The van der Waals surface area contributed by atoms with E-state index < -0.39 is 15.2 Å². The van der Waals surface area contributed by atoms with Crippen LogP contribution in [0, 0.1) is 0 Å². The Morgan fingerprint density at radius 3 is 1.27 bits per heavy atom. The quantitative estimate of drug-likeness (QED) is 0.0805. The van der Waals surface area contributed by atoms with Crippen molar-refractivity contribution in [3.63, 3.8) is 0 Å². The lowest BCUT2D eigenvalue weighted by Crippen LogP contribution is -2.07. The van der Waals surface area contributed by atoms with Gasteiger partial charge in [-0.15, -0.1) is 11.3 Å². The highest BCUT2D eigenvalue weighted by Gasteiger charge is 2.25. The summed E-state index contributed by atoms with van der Waals surface area (Å²) in [7, 11) is -6.34. The van der Waals surface area contributed by atoms with Crippen LogP contribution in [0.3, 0.4) is 0 Å². The minimum absolute atomic E-state index is 0.314. The molecule has 0 fully saturated rings. The fraction of sp³-hybridized carbons (Fsp3) is 0.273. The molecule has 0 saturated heterocycles. The highest BCUT2D eigenvalue weighted by molar-refractivity contribution is 7.54. The standard InChI is InChI=1S/C44H48N2O6P2S/c1-5-49-53(47,50-6-2)29-27-45-41-15-11-9-13-37(41)39-31-33(19-25-43(39)45)17-21-35-23-24-36(55-35)22-18-34-20-26-44-40(32-34)38-14-10-12-16-42(38)46(44)28-30-54(48,51-7-3)52-8-4/h9-26,31-32H,5-8,27-30H2,1-4H3/b21-17+,22-18+. The van der Waals surface area contributed by atoms with Crippen LogP contribution in [-0.2, 0) is 40.3 Å². The number of aromatic nitrogens is 2. The molecule has 0 spiro atoms. The summed E-state index contributed by atoms with van der Waals surface area (Å²) in [6.45, 7) is 9.85. The first kappa shape index (κ1) is 39.2. The average Bonchev–Trinajstić information content (AvgIpc) is 3.87. The summed E-state index contributed by atoms with van der Waals surface area (Å²) in [6, 6.07) is 34.1. The van der Waals surface area contributed by atoms with Gasteiger partial charge in [-0.2, -0.15) is 0 Å². The van der Waals surface area contributed by atoms with Crippen molar-refractivity contribution in [2.24, 2.45) is 0 Å². The van der Waals surface area contributed by atoms with Crippen LogP contribution < -0.4 is 0 Å². The van der Waals surface area contributed by atoms with Crippen molar-refractivity contribution >= 4 is 94.4 Å². The number of rotatable bonds is 18. The predicted octanol–water partition coefficient (Wildman–Crippen LogP) is 12.8. The molecule has 0 aliphatic heterocycles. The maximum atomic E-state index is 13.3. The summed E-state index contributed by atoms with van der Waals surface area (Å²) in [4.78, 5) is 2.33. The number of hydrogen-bond acceptors (Lipinski definition) is 7. The van der Waals surface area contributed by atoms with E-state index in [1.807, 2.05) is 39.8 Å². The number of fused-ring (bicyclic) bond motifs is 6.